The zero-order chi connectivity index (χ0) is 24.0. The lowest BCUT2D eigenvalue weighted by Gasteiger charge is -2.06. The van der Waals surface area contributed by atoms with Gasteiger partial charge in [0.1, 0.15) is 11.4 Å². The Labute approximate surface area is 177 Å². The third-order valence-electron chi connectivity index (χ3n) is 3.99. The zero-order valence-electron chi connectivity index (χ0n) is 16.4. The maximum absolute atomic E-state index is 11.2. The molecule has 0 fully saturated rings. The normalized spacial score (nSPS) is 11.6. The first-order valence-corrected chi connectivity index (χ1v) is 8.48. The highest BCUT2D eigenvalue weighted by atomic mass is 16.6. The van der Waals surface area contributed by atoms with Crippen molar-refractivity contribution in [2.24, 2.45) is 10.2 Å². The molecule has 0 atom stereocenters. The molecule has 0 saturated heterocycles. The molecule has 16 heteroatoms. The maximum atomic E-state index is 11.2. The minimum atomic E-state index is -0.809. The molecule has 0 aliphatic rings. The standard InChI is InChI=1S/C16H14N8O8/c1-9(17-19-13-5-3-11(21(25)26)7-15(13)23(29)30)10(2)18-20-14-6-4-12(22(27)28)8-16(14)24(31)32/h3-8,19-20H,1-2H3. The number of hydrazone groups is 2. The van der Waals surface area contributed by atoms with E-state index in [0.29, 0.717) is 0 Å². The molecule has 0 heterocycles. The highest BCUT2D eigenvalue weighted by Gasteiger charge is 2.20. The summed E-state index contributed by atoms with van der Waals surface area (Å²) in [5, 5.41) is 51.7. The summed E-state index contributed by atoms with van der Waals surface area (Å²) >= 11 is 0. The third kappa shape index (κ3) is 5.53. The molecule has 0 radical (unpaired) electrons. The van der Waals surface area contributed by atoms with Gasteiger partial charge in [-0.15, -0.1) is 0 Å². The van der Waals surface area contributed by atoms with Gasteiger partial charge in [0.05, 0.1) is 43.2 Å². The zero-order valence-corrected chi connectivity index (χ0v) is 16.4. The summed E-state index contributed by atoms with van der Waals surface area (Å²) in [6.45, 7) is 2.96. The van der Waals surface area contributed by atoms with Crippen molar-refractivity contribution in [2.75, 3.05) is 10.9 Å². The van der Waals surface area contributed by atoms with Crippen LogP contribution in [0.5, 0.6) is 0 Å². The van der Waals surface area contributed by atoms with Crippen LogP contribution in [0.4, 0.5) is 34.1 Å². The van der Waals surface area contributed by atoms with Gasteiger partial charge in [-0.1, -0.05) is 0 Å². The molecule has 32 heavy (non-hydrogen) atoms. The van der Waals surface area contributed by atoms with Gasteiger partial charge in [-0.2, -0.15) is 10.2 Å². The number of nitrogens with zero attached hydrogens (tertiary/aromatic N) is 6. The summed E-state index contributed by atoms with van der Waals surface area (Å²) in [5.74, 6) is 0. The summed E-state index contributed by atoms with van der Waals surface area (Å²) in [7, 11) is 0. The number of nitro groups is 4. The fraction of sp³-hybridized carbons (Fsp3) is 0.125. The molecule has 0 bridgehead atoms. The molecule has 0 aromatic heterocycles. The largest absolute Gasteiger partial charge is 0.301 e. The Kier molecular flexibility index (Phi) is 7.02. The molecule has 2 rings (SSSR count). The Morgan fingerprint density at radius 1 is 0.656 bits per heavy atom. The van der Waals surface area contributed by atoms with Gasteiger partial charge in [-0.05, 0) is 26.0 Å². The average molecular weight is 446 g/mol. The summed E-state index contributed by atoms with van der Waals surface area (Å²) in [6, 6.07) is 5.94. The predicted octanol–water partition coefficient (Wildman–Crippen LogP) is 3.60. The Morgan fingerprint density at radius 2 is 1.00 bits per heavy atom. The first-order valence-electron chi connectivity index (χ1n) is 8.48. The summed E-state index contributed by atoms with van der Waals surface area (Å²) < 4.78 is 0. The second-order valence-electron chi connectivity index (χ2n) is 6.05. The van der Waals surface area contributed by atoms with Crippen LogP contribution in [-0.2, 0) is 0 Å². The lowest BCUT2D eigenvalue weighted by atomic mass is 10.2. The fourth-order valence-corrected chi connectivity index (χ4v) is 2.21. The number of benzene rings is 2. The van der Waals surface area contributed by atoms with Crippen LogP contribution in [0.15, 0.2) is 46.6 Å². The topological polar surface area (TPSA) is 221 Å². The van der Waals surface area contributed by atoms with Crippen LogP contribution in [0.1, 0.15) is 13.8 Å². The van der Waals surface area contributed by atoms with Gasteiger partial charge in [-0.3, -0.25) is 51.3 Å². The van der Waals surface area contributed by atoms with Gasteiger partial charge < -0.3 is 0 Å². The summed E-state index contributed by atoms with van der Waals surface area (Å²) in [5.41, 5.74) is 3.01. The summed E-state index contributed by atoms with van der Waals surface area (Å²) in [4.78, 5) is 40.7. The molecule has 2 aromatic carbocycles. The van der Waals surface area contributed by atoms with Crippen molar-refractivity contribution in [2.45, 2.75) is 13.8 Å². The lowest BCUT2D eigenvalue weighted by Crippen LogP contribution is -2.11. The Balaban J connectivity index is 2.23. The van der Waals surface area contributed by atoms with Crippen molar-refractivity contribution in [3.05, 3.63) is 76.9 Å². The quantitative estimate of drug-likeness (QED) is 0.323. The number of nitrogens with one attached hydrogen (secondary N) is 2. The van der Waals surface area contributed by atoms with Gasteiger partial charge in [0.2, 0.25) is 0 Å². The van der Waals surface area contributed by atoms with Gasteiger partial charge in [0, 0.05) is 12.1 Å². The van der Waals surface area contributed by atoms with E-state index in [-0.39, 0.29) is 22.8 Å². The van der Waals surface area contributed by atoms with Crippen LogP contribution >= 0.6 is 0 Å². The number of anilines is 2. The number of rotatable bonds is 9. The minimum absolute atomic E-state index is 0.105. The second-order valence-corrected chi connectivity index (χ2v) is 6.05. The molecule has 0 aliphatic heterocycles. The van der Waals surface area contributed by atoms with Gasteiger partial charge >= 0.3 is 11.4 Å². The Morgan fingerprint density at radius 3 is 1.28 bits per heavy atom. The minimum Gasteiger partial charge on any atom is -0.271 e. The molecule has 2 aromatic rings. The third-order valence-corrected chi connectivity index (χ3v) is 3.99. The molecule has 0 amide bonds. The highest BCUT2D eigenvalue weighted by Crippen LogP contribution is 2.30. The predicted molar refractivity (Wildman–Crippen MR) is 113 cm³/mol. The number of hydrogen-bond acceptors (Lipinski definition) is 12. The van der Waals surface area contributed by atoms with E-state index < -0.39 is 42.4 Å². The SMILES string of the molecule is CC(=NNc1ccc([N+](=O)[O-])cc1[N+](=O)[O-])C(C)=NNc1ccc([N+](=O)[O-])cc1[N+](=O)[O-]. The molecule has 0 spiro atoms. The molecular weight excluding hydrogens is 432 g/mol. The van der Waals surface area contributed by atoms with E-state index >= 15 is 0 Å². The Hall–Kier alpha value is -5.02. The van der Waals surface area contributed by atoms with E-state index in [1.807, 2.05) is 0 Å². The van der Waals surface area contributed by atoms with Crippen LogP contribution in [0.2, 0.25) is 0 Å². The van der Waals surface area contributed by atoms with Crippen LogP contribution in [0, 0.1) is 40.5 Å². The molecule has 0 unspecified atom stereocenters. The van der Waals surface area contributed by atoms with Gasteiger partial charge in [0.15, 0.2) is 0 Å². The highest BCUT2D eigenvalue weighted by molar-refractivity contribution is 6.40. The first-order chi connectivity index (χ1) is 15.0. The second kappa shape index (κ2) is 9.65. The monoisotopic (exact) mass is 446 g/mol. The van der Waals surface area contributed by atoms with Crippen LogP contribution in [-0.4, -0.2) is 31.1 Å². The van der Waals surface area contributed by atoms with Crippen molar-refractivity contribution in [3.8, 4) is 0 Å². The van der Waals surface area contributed by atoms with E-state index in [2.05, 4.69) is 21.1 Å². The van der Waals surface area contributed by atoms with E-state index in [0.717, 1.165) is 36.4 Å². The van der Waals surface area contributed by atoms with Crippen molar-refractivity contribution < 1.29 is 19.7 Å². The molecule has 2 N–H and O–H groups in total. The number of hydrogen-bond donors (Lipinski definition) is 2. The number of non-ortho nitro benzene ring substituents is 2. The van der Waals surface area contributed by atoms with Gasteiger partial charge in [-0.25, -0.2) is 0 Å². The van der Waals surface area contributed by atoms with Crippen LogP contribution in [0.25, 0.3) is 0 Å². The van der Waals surface area contributed by atoms with Crippen molar-refractivity contribution in [1.82, 2.24) is 0 Å². The van der Waals surface area contributed by atoms with E-state index in [9.17, 15) is 40.5 Å². The van der Waals surface area contributed by atoms with Crippen LogP contribution in [0.3, 0.4) is 0 Å². The average Bonchev–Trinajstić information content (AvgIpc) is 2.74. The molecule has 0 saturated carbocycles. The maximum Gasteiger partial charge on any atom is 0.301 e. The molecule has 0 aliphatic carbocycles. The molecular formula is C16H14N8O8. The number of nitro benzene ring substituents is 4. The summed E-state index contributed by atoms with van der Waals surface area (Å²) in [6.07, 6.45) is 0. The Bertz CT molecular complexity index is 1090. The van der Waals surface area contributed by atoms with E-state index in [4.69, 9.17) is 0 Å². The van der Waals surface area contributed by atoms with E-state index in [1.165, 1.54) is 13.8 Å². The van der Waals surface area contributed by atoms with Crippen molar-refractivity contribution in [1.29, 1.82) is 0 Å². The smallest absolute Gasteiger partial charge is 0.271 e. The van der Waals surface area contributed by atoms with Crippen molar-refractivity contribution >= 4 is 45.5 Å². The fourth-order valence-electron chi connectivity index (χ4n) is 2.21. The lowest BCUT2D eigenvalue weighted by molar-refractivity contribution is -0.393. The first kappa shape index (κ1) is 23.3. The van der Waals surface area contributed by atoms with E-state index in [1.54, 1.807) is 0 Å². The van der Waals surface area contributed by atoms with Crippen molar-refractivity contribution in [3.63, 3.8) is 0 Å². The van der Waals surface area contributed by atoms with Crippen LogP contribution < -0.4 is 10.9 Å². The molecule has 16 nitrogen and oxygen atoms in total. The molecule has 166 valence electrons. The van der Waals surface area contributed by atoms with Gasteiger partial charge in [0.25, 0.3) is 11.4 Å².